The minimum Gasteiger partial charge on any atom is -0.390 e. The monoisotopic (exact) mass is 267 g/mol. The van der Waals surface area contributed by atoms with Crippen LogP contribution in [0.5, 0.6) is 0 Å². The molecule has 7 heteroatoms. The number of halogens is 1. The minimum absolute atomic E-state index is 0.177. The molecule has 1 fully saturated rings. The fraction of sp³-hybridized carbons (Fsp3) is 0.500. The first-order valence-corrected chi connectivity index (χ1v) is 6.99. The summed E-state index contributed by atoms with van der Waals surface area (Å²) < 4.78 is 25.8. The van der Waals surface area contributed by atoms with Gasteiger partial charge in [-0.05, 0) is 18.6 Å². The summed E-state index contributed by atoms with van der Waals surface area (Å²) in [6.07, 6.45) is -0.531. The highest BCUT2D eigenvalue weighted by Crippen LogP contribution is 2.33. The van der Waals surface area contributed by atoms with Crippen molar-refractivity contribution in [1.29, 1.82) is 0 Å². The van der Waals surface area contributed by atoms with E-state index in [-0.39, 0.29) is 17.3 Å². The maximum absolute atomic E-state index is 11.9. The Morgan fingerprint density at radius 3 is 2.60 bits per heavy atom. The zero-order valence-electron chi connectivity index (χ0n) is 7.97. The number of hydrogen-bond donors (Lipinski definition) is 1. The van der Waals surface area contributed by atoms with E-state index in [1.165, 1.54) is 4.31 Å². The van der Waals surface area contributed by atoms with Crippen LogP contribution in [0.4, 0.5) is 0 Å². The average Bonchev–Trinajstić information content (AvgIpc) is 2.42. The van der Waals surface area contributed by atoms with Gasteiger partial charge in [-0.1, -0.05) is 11.6 Å². The van der Waals surface area contributed by atoms with Crippen molar-refractivity contribution in [1.82, 2.24) is 4.31 Å². The van der Waals surface area contributed by atoms with Crippen LogP contribution in [-0.4, -0.2) is 37.0 Å². The molecule has 1 aliphatic heterocycles. The van der Waals surface area contributed by atoms with Crippen LogP contribution < -0.4 is 0 Å². The largest absolute Gasteiger partial charge is 0.390 e. The maximum Gasteiger partial charge on any atom is 0.252 e. The molecule has 0 spiro atoms. The molecule has 0 unspecified atom stereocenters. The van der Waals surface area contributed by atoms with Crippen LogP contribution in [-0.2, 0) is 10.0 Å². The third kappa shape index (κ3) is 1.92. The number of aryl methyl sites for hydroxylation is 1. The van der Waals surface area contributed by atoms with Crippen LogP contribution in [0.1, 0.15) is 5.56 Å². The summed E-state index contributed by atoms with van der Waals surface area (Å²) >= 11 is 6.87. The molecular formula is C8H10ClNO3S2. The average molecular weight is 268 g/mol. The van der Waals surface area contributed by atoms with Gasteiger partial charge in [0, 0.05) is 13.1 Å². The number of aliphatic hydroxyl groups excluding tert-OH is 1. The van der Waals surface area contributed by atoms with Gasteiger partial charge in [0.1, 0.15) is 4.21 Å². The highest BCUT2D eigenvalue weighted by atomic mass is 35.5. The molecule has 1 aromatic heterocycles. The van der Waals surface area contributed by atoms with Gasteiger partial charge >= 0.3 is 0 Å². The van der Waals surface area contributed by atoms with E-state index >= 15 is 0 Å². The van der Waals surface area contributed by atoms with E-state index < -0.39 is 16.1 Å². The quantitative estimate of drug-likeness (QED) is 0.872. The second-order valence-corrected chi connectivity index (χ2v) is 7.32. The van der Waals surface area contributed by atoms with Crippen molar-refractivity contribution in [2.45, 2.75) is 17.2 Å². The first-order chi connectivity index (χ1) is 6.91. The van der Waals surface area contributed by atoms with E-state index in [1.54, 1.807) is 13.0 Å². The summed E-state index contributed by atoms with van der Waals surface area (Å²) in [6, 6.07) is 1.56. The normalized spacial score (nSPS) is 19.1. The van der Waals surface area contributed by atoms with E-state index in [9.17, 15) is 8.42 Å². The Bertz CT molecular complexity index is 457. The van der Waals surface area contributed by atoms with Crippen LogP contribution in [0.25, 0.3) is 0 Å². The van der Waals surface area contributed by atoms with Crippen molar-refractivity contribution in [3.63, 3.8) is 0 Å². The third-order valence-corrected chi connectivity index (χ3v) is 6.09. The smallest absolute Gasteiger partial charge is 0.252 e. The van der Waals surface area contributed by atoms with Crippen molar-refractivity contribution in [2.24, 2.45) is 0 Å². The summed E-state index contributed by atoms with van der Waals surface area (Å²) in [5.74, 6) is 0. The highest BCUT2D eigenvalue weighted by molar-refractivity contribution is 7.91. The van der Waals surface area contributed by atoms with Gasteiger partial charge in [-0.3, -0.25) is 0 Å². The van der Waals surface area contributed by atoms with Gasteiger partial charge in [-0.2, -0.15) is 4.31 Å². The second-order valence-electron chi connectivity index (χ2n) is 3.50. The van der Waals surface area contributed by atoms with Crippen molar-refractivity contribution in [3.05, 3.63) is 16.0 Å². The van der Waals surface area contributed by atoms with Gasteiger partial charge in [0.2, 0.25) is 0 Å². The summed E-state index contributed by atoms with van der Waals surface area (Å²) in [6.45, 7) is 2.12. The molecule has 0 atom stereocenters. The minimum atomic E-state index is -3.43. The number of thiophene rings is 1. The first-order valence-electron chi connectivity index (χ1n) is 4.35. The Morgan fingerprint density at radius 2 is 2.20 bits per heavy atom. The van der Waals surface area contributed by atoms with E-state index in [0.29, 0.717) is 4.34 Å². The molecule has 1 N–H and O–H groups in total. The molecule has 0 bridgehead atoms. The number of rotatable bonds is 2. The zero-order chi connectivity index (χ0) is 11.2. The molecule has 2 heterocycles. The summed E-state index contributed by atoms with van der Waals surface area (Å²) in [5.41, 5.74) is 0.765. The van der Waals surface area contributed by atoms with Gasteiger partial charge in [-0.15, -0.1) is 11.3 Å². The number of hydrogen-bond acceptors (Lipinski definition) is 4. The Hall–Kier alpha value is -0.140. The number of β-amino-alcohol motifs (C(OH)–C–C–N with tert-alkyl or cyclic N) is 1. The molecule has 0 aromatic carbocycles. The van der Waals surface area contributed by atoms with Gasteiger partial charge in [0.25, 0.3) is 10.0 Å². The van der Waals surface area contributed by atoms with Gasteiger partial charge in [0.05, 0.1) is 10.4 Å². The Balaban J connectivity index is 2.30. The molecule has 84 valence electrons. The van der Waals surface area contributed by atoms with Gasteiger partial charge in [0.15, 0.2) is 0 Å². The summed E-state index contributed by atoms with van der Waals surface area (Å²) in [5, 5.41) is 9.06. The molecule has 0 amide bonds. The molecule has 0 aliphatic carbocycles. The lowest BCUT2D eigenvalue weighted by Gasteiger charge is -2.33. The van der Waals surface area contributed by atoms with Crippen LogP contribution in [0.2, 0.25) is 4.34 Å². The first kappa shape index (κ1) is 11.3. The Kier molecular flexibility index (Phi) is 2.81. The SMILES string of the molecule is Cc1cc(S(=O)(=O)N2CC(O)C2)sc1Cl. The molecule has 4 nitrogen and oxygen atoms in total. The van der Waals surface area contributed by atoms with Crippen molar-refractivity contribution in [2.75, 3.05) is 13.1 Å². The van der Waals surface area contributed by atoms with Crippen LogP contribution in [0.15, 0.2) is 10.3 Å². The van der Waals surface area contributed by atoms with Crippen LogP contribution in [0, 0.1) is 6.92 Å². The number of aliphatic hydroxyl groups is 1. The second kappa shape index (κ2) is 3.71. The number of sulfonamides is 1. The zero-order valence-corrected chi connectivity index (χ0v) is 10.4. The van der Waals surface area contributed by atoms with E-state index in [1.807, 2.05) is 0 Å². The fourth-order valence-electron chi connectivity index (χ4n) is 1.30. The van der Waals surface area contributed by atoms with Crippen molar-refractivity contribution in [3.8, 4) is 0 Å². The number of nitrogens with zero attached hydrogens (tertiary/aromatic N) is 1. The molecule has 1 saturated heterocycles. The van der Waals surface area contributed by atoms with E-state index in [2.05, 4.69) is 0 Å². The maximum atomic E-state index is 11.9. The van der Waals surface area contributed by atoms with Crippen LogP contribution >= 0.6 is 22.9 Å². The highest BCUT2D eigenvalue weighted by Gasteiger charge is 2.36. The molecular weight excluding hydrogens is 258 g/mol. The lowest BCUT2D eigenvalue weighted by molar-refractivity contribution is 0.0549. The van der Waals surface area contributed by atoms with Gasteiger partial charge in [-0.25, -0.2) is 8.42 Å². The third-order valence-electron chi connectivity index (χ3n) is 2.26. The standard InChI is InChI=1S/C8H10ClNO3S2/c1-5-2-7(14-8(5)9)15(12,13)10-3-6(11)4-10/h2,6,11H,3-4H2,1H3. The summed E-state index contributed by atoms with van der Waals surface area (Å²) in [7, 11) is -3.43. The Labute approximate surface area is 97.1 Å². The molecule has 15 heavy (non-hydrogen) atoms. The molecule has 0 saturated carbocycles. The summed E-state index contributed by atoms with van der Waals surface area (Å²) in [4.78, 5) is 0. The fourth-order valence-corrected chi connectivity index (χ4v) is 4.68. The van der Waals surface area contributed by atoms with E-state index in [4.69, 9.17) is 16.7 Å². The van der Waals surface area contributed by atoms with Crippen molar-refractivity contribution < 1.29 is 13.5 Å². The topological polar surface area (TPSA) is 57.6 Å². The molecule has 2 rings (SSSR count). The van der Waals surface area contributed by atoms with Crippen molar-refractivity contribution >= 4 is 33.0 Å². The van der Waals surface area contributed by atoms with E-state index in [0.717, 1.165) is 16.9 Å². The molecule has 1 aromatic rings. The lowest BCUT2D eigenvalue weighted by Crippen LogP contribution is -2.53. The molecule has 0 radical (unpaired) electrons. The predicted molar refractivity (Wildman–Crippen MR) is 58.8 cm³/mol. The van der Waals surface area contributed by atoms with Gasteiger partial charge < -0.3 is 5.11 Å². The Morgan fingerprint density at radius 1 is 1.60 bits per heavy atom. The lowest BCUT2D eigenvalue weighted by atomic mass is 10.2. The van der Waals surface area contributed by atoms with Crippen LogP contribution in [0.3, 0.4) is 0 Å². The molecule has 1 aliphatic rings. The predicted octanol–water partition coefficient (Wildman–Crippen LogP) is 1.08.